The van der Waals surface area contributed by atoms with Crippen molar-refractivity contribution >= 4 is 23.4 Å². The topological polar surface area (TPSA) is 61.4 Å². The smallest absolute Gasteiger partial charge is 0.246 e. The monoisotopic (exact) mass is 341 g/mol. The summed E-state index contributed by atoms with van der Waals surface area (Å²) in [5.41, 5.74) is 5.22. The Labute approximate surface area is 144 Å². The fourth-order valence-corrected chi connectivity index (χ4v) is 3.76. The third-order valence-electron chi connectivity index (χ3n) is 4.59. The number of benzene rings is 2. The number of amides is 2. The first-order chi connectivity index (χ1) is 11.6. The van der Waals surface area contributed by atoms with Crippen molar-refractivity contribution in [2.75, 3.05) is 0 Å². The number of imide groups is 1. The van der Waals surface area contributed by atoms with Crippen molar-refractivity contribution in [2.45, 2.75) is 18.6 Å². The normalized spacial score (nSPS) is 26.5. The number of carbonyl (C=O) groups is 2. The fraction of sp³-hybridized carbons (Fsp3) is 0.222. The standard InChI is InChI=1S/C18H16ClN3O2/c19-13-9-5-4-8-12(13)15-14-16(18(24)20-17(14)23)22(21-15)10-11-6-2-1-3-7-11/h1-9,14-16,21H,10H2,(H,20,23,24)/t14-,15+,16+/m1/s1. The van der Waals surface area contributed by atoms with Gasteiger partial charge in [-0.05, 0) is 17.2 Å². The van der Waals surface area contributed by atoms with Gasteiger partial charge in [0, 0.05) is 11.6 Å². The average molecular weight is 342 g/mol. The van der Waals surface area contributed by atoms with E-state index in [4.69, 9.17) is 11.6 Å². The van der Waals surface area contributed by atoms with E-state index in [9.17, 15) is 9.59 Å². The maximum atomic E-state index is 12.3. The number of hydrogen-bond acceptors (Lipinski definition) is 4. The SMILES string of the molecule is O=C1NC(=O)[C@@H]2[C@H]1[C@H](c1ccccc1Cl)NN2Cc1ccccc1. The lowest BCUT2D eigenvalue weighted by atomic mass is 9.91. The third kappa shape index (κ3) is 2.51. The summed E-state index contributed by atoms with van der Waals surface area (Å²) in [5.74, 6) is -0.998. The van der Waals surface area contributed by atoms with E-state index in [2.05, 4.69) is 10.7 Å². The zero-order chi connectivity index (χ0) is 16.7. The van der Waals surface area contributed by atoms with E-state index in [0.29, 0.717) is 11.6 Å². The summed E-state index contributed by atoms with van der Waals surface area (Å²) in [5, 5.41) is 4.88. The molecule has 2 amide bonds. The first kappa shape index (κ1) is 15.3. The maximum Gasteiger partial charge on any atom is 0.246 e. The molecule has 0 saturated carbocycles. The van der Waals surface area contributed by atoms with Crippen LogP contribution in [0.3, 0.4) is 0 Å². The summed E-state index contributed by atoms with van der Waals surface area (Å²) in [6.07, 6.45) is 0. The molecule has 2 aromatic rings. The second-order valence-corrected chi connectivity index (χ2v) is 6.47. The molecule has 2 saturated heterocycles. The van der Waals surface area contributed by atoms with Crippen LogP contribution < -0.4 is 10.7 Å². The van der Waals surface area contributed by atoms with Crippen molar-refractivity contribution in [1.82, 2.24) is 15.8 Å². The lowest BCUT2D eigenvalue weighted by molar-refractivity contribution is -0.127. The van der Waals surface area contributed by atoms with E-state index < -0.39 is 12.0 Å². The van der Waals surface area contributed by atoms with Gasteiger partial charge >= 0.3 is 0 Å². The molecule has 2 aromatic carbocycles. The lowest BCUT2D eigenvalue weighted by Crippen LogP contribution is -2.43. The van der Waals surface area contributed by atoms with Gasteiger partial charge in [-0.25, -0.2) is 10.4 Å². The van der Waals surface area contributed by atoms with Crippen molar-refractivity contribution < 1.29 is 9.59 Å². The molecular weight excluding hydrogens is 326 g/mol. The quantitative estimate of drug-likeness (QED) is 0.839. The molecule has 2 aliphatic heterocycles. The zero-order valence-corrected chi connectivity index (χ0v) is 13.5. The summed E-state index contributed by atoms with van der Waals surface area (Å²) in [4.78, 5) is 24.6. The zero-order valence-electron chi connectivity index (χ0n) is 12.8. The summed E-state index contributed by atoms with van der Waals surface area (Å²) < 4.78 is 0. The predicted molar refractivity (Wildman–Crippen MR) is 89.7 cm³/mol. The minimum absolute atomic E-state index is 0.252. The van der Waals surface area contributed by atoms with Crippen LogP contribution in [0, 0.1) is 5.92 Å². The Kier molecular flexibility index (Phi) is 3.84. The van der Waals surface area contributed by atoms with Crippen LogP contribution in [0.15, 0.2) is 54.6 Å². The molecule has 2 heterocycles. The highest BCUT2D eigenvalue weighted by atomic mass is 35.5. The van der Waals surface area contributed by atoms with Gasteiger partial charge in [-0.15, -0.1) is 0 Å². The molecule has 5 nitrogen and oxygen atoms in total. The van der Waals surface area contributed by atoms with Crippen LogP contribution in [0.1, 0.15) is 17.2 Å². The molecule has 122 valence electrons. The van der Waals surface area contributed by atoms with Gasteiger partial charge in [-0.2, -0.15) is 0 Å². The Morgan fingerprint density at radius 3 is 2.42 bits per heavy atom. The van der Waals surface area contributed by atoms with Crippen molar-refractivity contribution in [3.8, 4) is 0 Å². The number of hydrazine groups is 1. The largest absolute Gasteiger partial charge is 0.295 e. The van der Waals surface area contributed by atoms with Crippen molar-refractivity contribution in [1.29, 1.82) is 0 Å². The van der Waals surface area contributed by atoms with Crippen LogP contribution in [0.4, 0.5) is 0 Å². The maximum absolute atomic E-state index is 12.3. The number of nitrogens with zero attached hydrogens (tertiary/aromatic N) is 1. The molecule has 0 aromatic heterocycles. The van der Waals surface area contributed by atoms with E-state index >= 15 is 0 Å². The van der Waals surface area contributed by atoms with E-state index in [1.54, 1.807) is 6.07 Å². The van der Waals surface area contributed by atoms with Gasteiger partial charge in [0.1, 0.15) is 6.04 Å². The summed E-state index contributed by atoms with van der Waals surface area (Å²) in [7, 11) is 0. The Morgan fingerprint density at radius 2 is 1.67 bits per heavy atom. The second-order valence-electron chi connectivity index (χ2n) is 6.07. The molecule has 0 spiro atoms. The molecule has 24 heavy (non-hydrogen) atoms. The number of rotatable bonds is 3. The van der Waals surface area contributed by atoms with Crippen LogP contribution in [0.25, 0.3) is 0 Å². The van der Waals surface area contributed by atoms with Crippen molar-refractivity contribution in [3.05, 3.63) is 70.7 Å². The first-order valence-corrected chi connectivity index (χ1v) is 8.19. The van der Waals surface area contributed by atoms with E-state index in [0.717, 1.165) is 11.1 Å². The van der Waals surface area contributed by atoms with Crippen LogP contribution >= 0.6 is 11.6 Å². The van der Waals surface area contributed by atoms with Gasteiger partial charge in [0.2, 0.25) is 11.8 Å². The van der Waals surface area contributed by atoms with Crippen LogP contribution in [-0.2, 0) is 16.1 Å². The Morgan fingerprint density at radius 1 is 0.958 bits per heavy atom. The highest BCUT2D eigenvalue weighted by Gasteiger charge is 2.55. The fourth-order valence-electron chi connectivity index (χ4n) is 3.51. The highest BCUT2D eigenvalue weighted by Crippen LogP contribution is 2.39. The van der Waals surface area contributed by atoms with Crippen LogP contribution in [-0.4, -0.2) is 22.9 Å². The molecule has 0 radical (unpaired) electrons. The number of fused-ring (bicyclic) bond motifs is 1. The number of nitrogens with one attached hydrogen (secondary N) is 2. The molecule has 3 atom stereocenters. The van der Waals surface area contributed by atoms with Gasteiger partial charge < -0.3 is 0 Å². The molecule has 4 rings (SSSR count). The third-order valence-corrected chi connectivity index (χ3v) is 4.94. The first-order valence-electron chi connectivity index (χ1n) is 7.81. The molecule has 2 aliphatic rings. The Balaban J connectivity index is 1.69. The van der Waals surface area contributed by atoms with E-state index in [1.165, 1.54) is 0 Å². The molecule has 6 heteroatoms. The molecule has 0 bridgehead atoms. The number of halogens is 1. The van der Waals surface area contributed by atoms with Crippen molar-refractivity contribution in [2.24, 2.45) is 5.92 Å². The van der Waals surface area contributed by atoms with Gasteiger partial charge in [0.15, 0.2) is 0 Å². The summed E-state index contributed by atoms with van der Waals surface area (Å²) in [6, 6.07) is 16.4. The predicted octanol–water partition coefficient (Wildman–Crippen LogP) is 2.04. The molecule has 0 aliphatic carbocycles. The Hall–Kier alpha value is -2.21. The van der Waals surface area contributed by atoms with E-state index in [1.807, 2.05) is 53.5 Å². The van der Waals surface area contributed by atoms with Crippen molar-refractivity contribution in [3.63, 3.8) is 0 Å². The molecule has 2 N–H and O–H groups in total. The molecule has 0 unspecified atom stereocenters. The minimum Gasteiger partial charge on any atom is -0.295 e. The van der Waals surface area contributed by atoms with Crippen LogP contribution in [0.5, 0.6) is 0 Å². The second kappa shape index (κ2) is 6.02. The number of carbonyl (C=O) groups excluding carboxylic acids is 2. The minimum atomic E-state index is -0.529. The van der Waals surface area contributed by atoms with Gasteiger partial charge in [-0.3, -0.25) is 14.9 Å². The van der Waals surface area contributed by atoms with E-state index in [-0.39, 0.29) is 17.9 Å². The van der Waals surface area contributed by atoms with Crippen LogP contribution in [0.2, 0.25) is 5.02 Å². The Bertz CT molecular complexity index is 796. The molecule has 2 fully saturated rings. The number of hydrogen-bond donors (Lipinski definition) is 2. The summed E-state index contributed by atoms with van der Waals surface area (Å²) >= 11 is 6.31. The van der Waals surface area contributed by atoms with Gasteiger partial charge in [0.25, 0.3) is 0 Å². The average Bonchev–Trinajstić information content (AvgIpc) is 3.09. The lowest BCUT2D eigenvalue weighted by Gasteiger charge is -2.22. The molecular formula is C18H16ClN3O2. The highest BCUT2D eigenvalue weighted by molar-refractivity contribution is 6.31. The van der Waals surface area contributed by atoms with Gasteiger partial charge in [-0.1, -0.05) is 60.1 Å². The summed E-state index contributed by atoms with van der Waals surface area (Å²) in [6.45, 7) is 0.531. The van der Waals surface area contributed by atoms with Gasteiger partial charge in [0.05, 0.1) is 12.0 Å².